The molecule has 0 rings (SSSR count). The highest BCUT2D eigenvalue weighted by atomic mass is 16.5. The Hall–Kier alpha value is -0.925. The second-order valence-electron chi connectivity index (χ2n) is 2.27. The minimum absolute atomic E-state index is 0.0273. The van der Waals surface area contributed by atoms with Gasteiger partial charge in [-0.2, -0.15) is 0 Å². The molecule has 0 aliphatic carbocycles. The van der Waals surface area contributed by atoms with Crippen molar-refractivity contribution in [3.05, 3.63) is 12.2 Å². The molecule has 0 heterocycles. The van der Waals surface area contributed by atoms with Crippen molar-refractivity contribution in [3.63, 3.8) is 0 Å². The Morgan fingerprint density at radius 3 is 2.73 bits per heavy atom. The van der Waals surface area contributed by atoms with Gasteiger partial charge in [0.2, 0.25) is 0 Å². The summed E-state index contributed by atoms with van der Waals surface area (Å²) in [7, 11) is 1.29. The lowest BCUT2D eigenvalue weighted by Crippen LogP contribution is -2.23. The van der Waals surface area contributed by atoms with Gasteiger partial charge in [0.25, 0.3) is 13.8 Å². The Balaban J connectivity index is 3.31. The summed E-state index contributed by atoms with van der Waals surface area (Å²) in [5, 5.41) is 0. The van der Waals surface area contributed by atoms with Crippen molar-refractivity contribution >= 4 is 33.8 Å². The van der Waals surface area contributed by atoms with E-state index >= 15 is 0 Å². The predicted octanol–water partition coefficient (Wildman–Crippen LogP) is -1.68. The van der Waals surface area contributed by atoms with E-state index in [2.05, 4.69) is 11.2 Å². The van der Waals surface area contributed by atoms with Crippen LogP contribution in [0.4, 0.5) is 0 Å². The summed E-state index contributed by atoms with van der Waals surface area (Å²) < 4.78 is 4.40. The molecule has 0 bridgehead atoms. The van der Waals surface area contributed by atoms with Gasteiger partial charge in [0.15, 0.2) is 7.17 Å². The fourth-order valence-corrected chi connectivity index (χ4v) is 0.578. The van der Waals surface area contributed by atoms with Crippen molar-refractivity contribution in [2.45, 2.75) is 6.92 Å². The fourth-order valence-electron chi connectivity index (χ4n) is 0.578. The Morgan fingerprint density at radius 1 is 1.64 bits per heavy atom. The maximum Gasteiger partial charge on any atom is 0.290 e. The van der Waals surface area contributed by atoms with E-state index in [4.69, 9.17) is 0 Å². The van der Waals surface area contributed by atoms with Crippen LogP contribution in [-0.4, -0.2) is 33.8 Å². The van der Waals surface area contributed by atoms with Crippen molar-refractivity contribution in [1.29, 1.82) is 0 Å². The standard InChI is InChI=1S/C5H9B3O3/c1-4(2)5(10)6-7-8-11-3-9/h3,6-8H,1H2,2H3. The first-order valence-electron chi connectivity index (χ1n) is 3.42. The largest absolute Gasteiger partial charge is 0.551 e. The number of hydrogen-bond donors (Lipinski definition) is 0. The molecule has 0 spiro atoms. The zero-order valence-electron chi connectivity index (χ0n) is 6.63. The third-order valence-corrected chi connectivity index (χ3v) is 1.21. The second-order valence-corrected chi connectivity index (χ2v) is 2.27. The quantitative estimate of drug-likeness (QED) is 0.196. The molecule has 0 aliphatic rings. The Kier molecular flexibility index (Phi) is 5.34. The first kappa shape index (κ1) is 10.1. The summed E-state index contributed by atoms with van der Waals surface area (Å²) in [6, 6.07) is 0. The Labute approximate surface area is 67.9 Å². The zero-order valence-corrected chi connectivity index (χ0v) is 6.63. The first-order chi connectivity index (χ1) is 5.18. The van der Waals surface area contributed by atoms with Gasteiger partial charge in [0, 0.05) is 0 Å². The van der Waals surface area contributed by atoms with Crippen LogP contribution >= 0.6 is 0 Å². The van der Waals surface area contributed by atoms with Gasteiger partial charge in [-0.25, -0.2) is 0 Å². The van der Waals surface area contributed by atoms with E-state index in [1.54, 1.807) is 6.92 Å². The number of hydrogen-bond acceptors (Lipinski definition) is 3. The number of carbonyl (C=O) groups is 2. The molecular weight excluding hydrogens is 140 g/mol. The molecule has 6 heteroatoms. The lowest BCUT2D eigenvalue weighted by molar-refractivity contribution is -0.120. The summed E-state index contributed by atoms with van der Waals surface area (Å²) in [5.41, 5.74) is 0.579. The molecule has 0 N–H and O–H groups in total. The van der Waals surface area contributed by atoms with Crippen molar-refractivity contribution in [3.8, 4) is 0 Å². The molecule has 0 fully saturated rings. The highest BCUT2D eigenvalue weighted by molar-refractivity contribution is 7.36. The monoisotopic (exact) mass is 150 g/mol. The van der Waals surface area contributed by atoms with E-state index in [1.165, 1.54) is 0 Å². The number of allylic oxidation sites excluding steroid dienone is 1. The van der Waals surface area contributed by atoms with Crippen molar-refractivity contribution in [2.75, 3.05) is 0 Å². The molecule has 0 saturated heterocycles. The fraction of sp³-hybridized carbons (Fsp3) is 0.200. The third-order valence-electron chi connectivity index (χ3n) is 1.21. The Morgan fingerprint density at radius 2 is 2.27 bits per heavy atom. The van der Waals surface area contributed by atoms with Gasteiger partial charge in [-0.05, 0) is 12.5 Å². The van der Waals surface area contributed by atoms with Crippen LogP contribution in [0.15, 0.2) is 12.2 Å². The molecule has 0 radical (unpaired) electrons. The molecule has 0 aromatic heterocycles. The molecular formula is C5H9B3O3. The van der Waals surface area contributed by atoms with Crippen molar-refractivity contribution in [1.82, 2.24) is 0 Å². The molecule has 0 aromatic rings. The summed E-state index contributed by atoms with van der Waals surface area (Å²) in [4.78, 5) is 20.5. The van der Waals surface area contributed by atoms with E-state index in [-0.39, 0.29) is 5.68 Å². The SMILES string of the molecule is C=C(C)C(=O)BBBOC=O. The maximum atomic E-state index is 10.9. The zero-order chi connectivity index (χ0) is 8.69. The average Bonchev–Trinajstić information content (AvgIpc) is 1.97. The van der Waals surface area contributed by atoms with Crippen LogP contribution in [0.2, 0.25) is 0 Å². The lowest BCUT2D eigenvalue weighted by atomic mass is 9.23. The topological polar surface area (TPSA) is 43.4 Å². The summed E-state index contributed by atoms with van der Waals surface area (Å²) in [6.45, 7) is 5.54. The van der Waals surface area contributed by atoms with Crippen LogP contribution in [0.3, 0.4) is 0 Å². The van der Waals surface area contributed by atoms with Crippen molar-refractivity contribution < 1.29 is 14.2 Å². The number of carbonyl (C=O) groups excluding carboxylic acids is 2. The molecule has 0 saturated carbocycles. The molecule has 0 amide bonds. The average molecular weight is 150 g/mol. The number of rotatable bonds is 6. The van der Waals surface area contributed by atoms with E-state index in [0.29, 0.717) is 33.6 Å². The highest BCUT2D eigenvalue weighted by Crippen LogP contribution is 1.85. The molecule has 3 nitrogen and oxygen atoms in total. The van der Waals surface area contributed by atoms with Crippen molar-refractivity contribution in [2.24, 2.45) is 0 Å². The Bertz CT molecular complexity index is 168. The molecule has 0 atom stereocenters. The van der Waals surface area contributed by atoms with Gasteiger partial charge in [0.05, 0.1) is 0 Å². The lowest BCUT2D eigenvalue weighted by Gasteiger charge is -1.93. The molecule has 11 heavy (non-hydrogen) atoms. The van der Waals surface area contributed by atoms with Gasteiger partial charge >= 0.3 is 0 Å². The van der Waals surface area contributed by atoms with Crippen LogP contribution in [-0.2, 0) is 14.2 Å². The summed E-state index contributed by atoms with van der Waals surface area (Å²) in [5.74, 6) is 0. The normalized spacial score (nSPS) is 7.73. The molecule has 56 valence electrons. The first-order valence-corrected chi connectivity index (χ1v) is 3.42. The van der Waals surface area contributed by atoms with Gasteiger partial charge in [-0.15, -0.1) is 0 Å². The molecule has 0 unspecified atom stereocenters. The summed E-state index contributed by atoms with van der Waals surface area (Å²) >= 11 is 0. The van der Waals surface area contributed by atoms with Gasteiger partial charge in [-0.1, -0.05) is 6.58 Å². The van der Waals surface area contributed by atoms with Crippen LogP contribution < -0.4 is 0 Å². The van der Waals surface area contributed by atoms with Gasteiger partial charge < -0.3 is 9.45 Å². The maximum absolute atomic E-state index is 10.9. The van der Waals surface area contributed by atoms with Gasteiger partial charge in [-0.3, -0.25) is 4.79 Å². The summed E-state index contributed by atoms with van der Waals surface area (Å²) in [6.07, 6.45) is 0. The van der Waals surface area contributed by atoms with Crippen LogP contribution in [0.25, 0.3) is 0 Å². The van der Waals surface area contributed by atoms with E-state index in [1.807, 2.05) is 0 Å². The van der Waals surface area contributed by atoms with Gasteiger partial charge in [0.1, 0.15) is 12.7 Å². The van der Waals surface area contributed by atoms with Crippen LogP contribution in [0, 0.1) is 0 Å². The van der Waals surface area contributed by atoms with E-state index < -0.39 is 0 Å². The highest BCUT2D eigenvalue weighted by Gasteiger charge is 2.06. The van der Waals surface area contributed by atoms with E-state index in [9.17, 15) is 9.59 Å². The minimum Gasteiger partial charge on any atom is -0.551 e. The second kappa shape index (κ2) is 5.83. The third kappa shape index (κ3) is 5.52. The predicted molar refractivity (Wildman–Crippen MR) is 48.4 cm³/mol. The molecule has 0 aromatic carbocycles. The molecule has 0 aliphatic heterocycles. The van der Waals surface area contributed by atoms with Crippen LogP contribution in [0.1, 0.15) is 6.92 Å². The van der Waals surface area contributed by atoms with Crippen LogP contribution in [0.5, 0.6) is 0 Å². The van der Waals surface area contributed by atoms with E-state index in [0.717, 1.165) is 0 Å². The smallest absolute Gasteiger partial charge is 0.290 e. The minimum atomic E-state index is 0.0273.